The van der Waals surface area contributed by atoms with Gasteiger partial charge in [-0.15, -0.1) is 0 Å². The molecule has 2 aliphatic rings. The van der Waals surface area contributed by atoms with Crippen LogP contribution in [0.25, 0.3) is 0 Å². The summed E-state index contributed by atoms with van der Waals surface area (Å²) in [4.78, 5) is 27.0. The van der Waals surface area contributed by atoms with Crippen molar-refractivity contribution in [3.8, 4) is 0 Å². The number of carbonyl (C=O) groups is 2. The average Bonchev–Trinajstić information content (AvgIpc) is 3.04. The van der Waals surface area contributed by atoms with E-state index in [4.69, 9.17) is 5.11 Å². The standard InChI is InChI=1S/C13H23N3O4/c1-9(17)11(12(18)19)14-13(20)16-7-4-10(8-16)15-5-2-3-6-15/h9-11,17H,2-8H2,1H3,(H,14,20)(H,18,19). The number of aliphatic carboxylic acids is 1. The number of nitrogens with zero attached hydrogens (tertiary/aromatic N) is 2. The minimum Gasteiger partial charge on any atom is -0.480 e. The predicted octanol–water partition coefficient (Wildman–Crippen LogP) is -0.300. The molecule has 0 radical (unpaired) electrons. The highest BCUT2D eigenvalue weighted by atomic mass is 16.4. The second kappa shape index (κ2) is 6.41. The van der Waals surface area contributed by atoms with E-state index in [0.29, 0.717) is 19.1 Å². The maximum Gasteiger partial charge on any atom is 0.328 e. The Morgan fingerprint density at radius 2 is 1.90 bits per heavy atom. The fourth-order valence-corrected chi connectivity index (χ4v) is 2.94. The molecular weight excluding hydrogens is 262 g/mol. The fraction of sp³-hybridized carbons (Fsp3) is 0.846. The monoisotopic (exact) mass is 285 g/mol. The van der Waals surface area contributed by atoms with Crippen LogP contribution in [0, 0.1) is 0 Å². The summed E-state index contributed by atoms with van der Waals surface area (Å²) in [7, 11) is 0. The van der Waals surface area contributed by atoms with Gasteiger partial charge in [-0.05, 0) is 39.3 Å². The topological polar surface area (TPSA) is 93.1 Å². The minimum absolute atomic E-state index is 0.387. The highest BCUT2D eigenvalue weighted by molar-refractivity contribution is 5.83. The summed E-state index contributed by atoms with van der Waals surface area (Å²) < 4.78 is 0. The summed E-state index contributed by atoms with van der Waals surface area (Å²) in [5, 5.41) is 20.7. The van der Waals surface area contributed by atoms with Crippen molar-refractivity contribution in [3.05, 3.63) is 0 Å². The molecule has 0 aromatic carbocycles. The molecule has 3 unspecified atom stereocenters. The number of rotatable bonds is 4. The van der Waals surface area contributed by atoms with E-state index in [9.17, 15) is 14.7 Å². The zero-order chi connectivity index (χ0) is 14.7. The number of aliphatic hydroxyl groups excluding tert-OH is 1. The van der Waals surface area contributed by atoms with Crippen LogP contribution < -0.4 is 5.32 Å². The molecule has 2 heterocycles. The predicted molar refractivity (Wildman–Crippen MR) is 72.4 cm³/mol. The van der Waals surface area contributed by atoms with Crippen molar-refractivity contribution in [2.75, 3.05) is 26.2 Å². The molecule has 0 aromatic heterocycles. The van der Waals surface area contributed by atoms with Gasteiger partial charge >= 0.3 is 12.0 Å². The van der Waals surface area contributed by atoms with E-state index in [1.807, 2.05) is 0 Å². The highest BCUT2D eigenvalue weighted by Gasteiger charge is 2.33. The zero-order valence-electron chi connectivity index (χ0n) is 11.8. The Morgan fingerprint density at radius 1 is 1.25 bits per heavy atom. The molecule has 0 bridgehead atoms. The first-order chi connectivity index (χ1) is 9.49. The third-order valence-electron chi connectivity index (χ3n) is 4.14. The maximum absolute atomic E-state index is 12.0. The Morgan fingerprint density at radius 3 is 2.45 bits per heavy atom. The Labute approximate surface area is 118 Å². The smallest absolute Gasteiger partial charge is 0.328 e. The van der Waals surface area contributed by atoms with Gasteiger partial charge in [-0.1, -0.05) is 0 Å². The molecule has 3 atom stereocenters. The number of hydrogen-bond acceptors (Lipinski definition) is 4. The molecule has 114 valence electrons. The van der Waals surface area contributed by atoms with Crippen molar-refractivity contribution in [2.45, 2.75) is 44.4 Å². The number of carboxylic acid groups (broad SMARTS) is 1. The number of urea groups is 1. The molecule has 0 saturated carbocycles. The van der Waals surface area contributed by atoms with Crippen LogP contribution in [0.5, 0.6) is 0 Å². The van der Waals surface area contributed by atoms with E-state index in [2.05, 4.69) is 10.2 Å². The zero-order valence-corrected chi connectivity index (χ0v) is 11.8. The molecule has 7 heteroatoms. The largest absolute Gasteiger partial charge is 0.480 e. The van der Waals surface area contributed by atoms with Gasteiger partial charge in [0.15, 0.2) is 6.04 Å². The number of carbonyl (C=O) groups excluding carboxylic acids is 1. The second-order valence-electron chi connectivity index (χ2n) is 5.64. The lowest BCUT2D eigenvalue weighted by Gasteiger charge is -2.25. The lowest BCUT2D eigenvalue weighted by molar-refractivity contribution is -0.141. The quantitative estimate of drug-likeness (QED) is 0.659. The van der Waals surface area contributed by atoms with Crippen molar-refractivity contribution in [2.24, 2.45) is 0 Å². The van der Waals surface area contributed by atoms with E-state index in [-0.39, 0.29) is 0 Å². The van der Waals surface area contributed by atoms with Gasteiger partial charge in [0.25, 0.3) is 0 Å². The molecule has 20 heavy (non-hydrogen) atoms. The summed E-state index contributed by atoms with van der Waals surface area (Å²) in [6.45, 7) is 4.81. The lowest BCUT2D eigenvalue weighted by Crippen LogP contribution is -2.52. The van der Waals surface area contributed by atoms with Gasteiger partial charge < -0.3 is 20.4 Å². The van der Waals surface area contributed by atoms with Crippen LogP contribution in [0.3, 0.4) is 0 Å². The van der Waals surface area contributed by atoms with E-state index in [1.54, 1.807) is 4.90 Å². The molecule has 0 aliphatic carbocycles. The first-order valence-corrected chi connectivity index (χ1v) is 7.19. The normalized spacial score (nSPS) is 26.5. The van der Waals surface area contributed by atoms with Crippen LogP contribution in [0.1, 0.15) is 26.2 Å². The number of hydrogen-bond donors (Lipinski definition) is 3. The number of amides is 2. The fourth-order valence-electron chi connectivity index (χ4n) is 2.94. The van der Waals surface area contributed by atoms with E-state index < -0.39 is 24.1 Å². The number of nitrogens with one attached hydrogen (secondary N) is 1. The third-order valence-corrected chi connectivity index (χ3v) is 4.14. The van der Waals surface area contributed by atoms with Crippen LogP contribution >= 0.6 is 0 Å². The number of aliphatic hydroxyl groups is 1. The first kappa shape index (κ1) is 15.1. The lowest BCUT2D eigenvalue weighted by atomic mass is 10.2. The van der Waals surface area contributed by atoms with Gasteiger partial charge in [0.1, 0.15) is 0 Å². The van der Waals surface area contributed by atoms with Crippen molar-refractivity contribution >= 4 is 12.0 Å². The van der Waals surface area contributed by atoms with Crippen LogP contribution in [0.4, 0.5) is 4.79 Å². The van der Waals surface area contributed by atoms with Gasteiger partial charge in [-0.25, -0.2) is 9.59 Å². The van der Waals surface area contributed by atoms with Gasteiger partial charge in [0.05, 0.1) is 6.10 Å². The van der Waals surface area contributed by atoms with E-state index in [1.165, 1.54) is 19.8 Å². The van der Waals surface area contributed by atoms with Gasteiger partial charge in [0.2, 0.25) is 0 Å². The van der Waals surface area contributed by atoms with Gasteiger partial charge in [0, 0.05) is 19.1 Å². The molecule has 0 aromatic rings. The number of likely N-dealkylation sites (tertiary alicyclic amines) is 2. The summed E-state index contributed by atoms with van der Waals surface area (Å²) >= 11 is 0. The molecule has 3 N–H and O–H groups in total. The molecule has 2 rings (SSSR count). The average molecular weight is 285 g/mol. The number of carboxylic acids is 1. The molecule has 2 aliphatic heterocycles. The Kier molecular flexibility index (Phi) is 4.82. The van der Waals surface area contributed by atoms with Crippen LogP contribution in [-0.2, 0) is 4.79 Å². The van der Waals surface area contributed by atoms with Crippen LogP contribution in [0.2, 0.25) is 0 Å². The van der Waals surface area contributed by atoms with Gasteiger partial charge in [-0.3, -0.25) is 4.90 Å². The Hall–Kier alpha value is -1.34. The van der Waals surface area contributed by atoms with E-state index in [0.717, 1.165) is 19.5 Å². The van der Waals surface area contributed by atoms with Crippen molar-refractivity contribution < 1.29 is 19.8 Å². The summed E-state index contributed by atoms with van der Waals surface area (Å²) in [6, 6.07) is -1.27. The summed E-state index contributed by atoms with van der Waals surface area (Å²) in [6.07, 6.45) is 2.24. The first-order valence-electron chi connectivity index (χ1n) is 7.19. The SMILES string of the molecule is CC(O)C(NC(=O)N1CCC(N2CCCC2)C1)C(=O)O. The van der Waals surface area contributed by atoms with Crippen LogP contribution in [0.15, 0.2) is 0 Å². The molecule has 2 saturated heterocycles. The van der Waals surface area contributed by atoms with Gasteiger partial charge in [-0.2, -0.15) is 0 Å². The molecule has 7 nitrogen and oxygen atoms in total. The highest BCUT2D eigenvalue weighted by Crippen LogP contribution is 2.20. The molecule has 2 fully saturated rings. The molecule has 0 spiro atoms. The summed E-state index contributed by atoms with van der Waals surface area (Å²) in [5.41, 5.74) is 0. The molecule has 2 amide bonds. The summed E-state index contributed by atoms with van der Waals surface area (Å²) in [5.74, 6) is -1.22. The second-order valence-corrected chi connectivity index (χ2v) is 5.64. The molecular formula is C13H23N3O4. The minimum atomic E-state index is -1.26. The van der Waals surface area contributed by atoms with Crippen molar-refractivity contribution in [1.29, 1.82) is 0 Å². The Bertz CT molecular complexity index is 369. The van der Waals surface area contributed by atoms with E-state index >= 15 is 0 Å². The van der Waals surface area contributed by atoms with Crippen LogP contribution in [-0.4, -0.2) is 76.4 Å². The van der Waals surface area contributed by atoms with Crippen molar-refractivity contribution in [1.82, 2.24) is 15.1 Å². The maximum atomic E-state index is 12.0. The Balaban J connectivity index is 1.85. The third kappa shape index (κ3) is 3.40. The van der Waals surface area contributed by atoms with Crippen molar-refractivity contribution in [3.63, 3.8) is 0 Å².